The summed E-state index contributed by atoms with van der Waals surface area (Å²) < 4.78 is 37.6. The maximum Gasteiger partial charge on any atom is 0.416 e. The zero-order valence-electron chi connectivity index (χ0n) is 12.0. The fourth-order valence-electron chi connectivity index (χ4n) is 3.11. The third-order valence-corrected chi connectivity index (χ3v) is 4.35. The molecule has 1 fully saturated rings. The molecule has 0 saturated heterocycles. The highest BCUT2D eigenvalue weighted by molar-refractivity contribution is 5.25. The molecule has 0 spiro atoms. The van der Waals surface area contributed by atoms with Crippen LogP contribution in [0.1, 0.15) is 44.2 Å². The summed E-state index contributed by atoms with van der Waals surface area (Å²) in [7, 11) is 0. The molecule has 2 N–H and O–H groups in total. The normalized spacial score (nSPS) is 26.5. The topological polar surface area (TPSA) is 26.0 Å². The highest BCUT2D eigenvalue weighted by Gasteiger charge is 2.33. The molecule has 1 aromatic carbocycles. The Balaban J connectivity index is 2.06. The van der Waals surface area contributed by atoms with E-state index >= 15 is 0 Å². The minimum Gasteiger partial charge on any atom is -0.327 e. The Hall–Kier alpha value is -1.03. The number of hydrogen-bond acceptors (Lipinski definition) is 1. The molecule has 2 rings (SSSR count). The standard InChI is InChI=1S/C16H22F3N/c1-15(2)8-7-14(20)12(10-15)9-11-3-5-13(6-4-11)16(17,18)19/h3-6,12,14H,7-10,20H2,1-2H3. The number of halogens is 3. The van der Waals surface area contributed by atoms with Crippen molar-refractivity contribution in [3.8, 4) is 0 Å². The fourth-order valence-corrected chi connectivity index (χ4v) is 3.11. The van der Waals surface area contributed by atoms with E-state index in [1.165, 1.54) is 0 Å². The summed E-state index contributed by atoms with van der Waals surface area (Å²) in [6, 6.07) is 5.64. The summed E-state index contributed by atoms with van der Waals surface area (Å²) >= 11 is 0. The molecule has 2 unspecified atom stereocenters. The molecule has 0 bridgehead atoms. The molecule has 0 amide bonds. The van der Waals surface area contributed by atoms with Crippen LogP contribution >= 0.6 is 0 Å². The maximum absolute atomic E-state index is 12.5. The van der Waals surface area contributed by atoms with Gasteiger partial charge in [-0.2, -0.15) is 13.2 Å². The van der Waals surface area contributed by atoms with E-state index in [0.29, 0.717) is 5.92 Å². The Morgan fingerprint density at radius 3 is 2.35 bits per heavy atom. The van der Waals surface area contributed by atoms with Crippen LogP contribution in [0.5, 0.6) is 0 Å². The van der Waals surface area contributed by atoms with E-state index in [1.54, 1.807) is 12.1 Å². The van der Waals surface area contributed by atoms with Gasteiger partial charge in [0.1, 0.15) is 0 Å². The Morgan fingerprint density at radius 1 is 1.20 bits per heavy atom. The molecule has 4 heteroatoms. The van der Waals surface area contributed by atoms with E-state index in [0.717, 1.165) is 43.4 Å². The molecule has 1 aliphatic rings. The van der Waals surface area contributed by atoms with E-state index in [1.807, 2.05) is 0 Å². The number of rotatable bonds is 2. The van der Waals surface area contributed by atoms with Crippen LogP contribution in [-0.4, -0.2) is 6.04 Å². The van der Waals surface area contributed by atoms with Gasteiger partial charge in [0, 0.05) is 6.04 Å². The van der Waals surface area contributed by atoms with E-state index in [-0.39, 0.29) is 11.5 Å². The molecule has 2 atom stereocenters. The molecule has 1 saturated carbocycles. The molecule has 0 aliphatic heterocycles. The lowest BCUT2D eigenvalue weighted by Crippen LogP contribution is -2.40. The predicted molar refractivity (Wildman–Crippen MR) is 74.2 cm³/mol. The first-order valence-electron chi connectivity index (χ1n) is 7.09. The van der Waals surface area contributed by atoms with Crippen LogP contribution in [-0.2, 0) is 12.6 Å². The smallest absolute Gasteiger partial charge is 0.327 e. The van der Waals surface area contributed by atoms with Gasteiger partial charge in [-0.15, -0.1) is 0 Å². The number of hydrogen-bond donors (Lipinski definition) is 1. The summed E-state index contributed by atoms with van der Waals surface area (Å²) in [5.41, 5.74) is 6.80. The minimum absolute atomic E-state index is 0.158. The van der Waals surface area contributed by atoms with Crippen molar-refractivity contribution in [3.05, 3.63) is 35.4 Å². The summed E-state index contributed by atoms with van der Waals surface area (Å²) in [6.45, 7) is 4.47. The lowest BCUT2D eigenvalue weighted by atomic mass is 9.68. The summed E-state index contributed by atoms with van der Waals surface area (Å²) in [5, 5.41) is 0. The second-order valence-corrected chi connectivity index (χ2v) is 6.73. The van der Waals surface area contributed by atoms with Crippen molar-refractivity contribution in [1.29, 1.82) is 0 Å². The van der Waals surface area contributed by atoms with Crippen molar-refractivity contribution in [2.45, 2.75) is 51.7 Å². The van der Waals surface area contributed by atoms with Gasteiger partial charge in [0.05, 0.1) is 5.56 Å². The molecule has 1 aliphatic carbocycles. The van der Waals surface area contributed by atoms with Gasteiger partial charge in [0.2, 0.25) is 0 Å². The van der Waals surface area contributed by atoms with E-state index < -0.39 is 11.7 Å². The van der Waals surface area contributed by atoms with E-state index in [2.05, 4.69) is 13.8 Å². The SMILES string of the molecule is CC1(C)CCC(N)C(Cc2ccc(C(F)(F)F)cc2)C1. The van der Waals surface area contributed by atoms with Crippen molar-refractivity contribution in [2.24, 2.45) is 17.1 Å². The number of alkyl halides is 3. The van der Waals surface area contributed by atoms with Crippen LogP contribution in [0.2, 0.25) is 0 Å². The number of nitrogens with two attached hydrogens (primary N) is 1. The Bertz CT molecular complexity index is 448. The van der Waals surface area contributed by atoms with Crippen LogP contribution in [0.4, 0.5) is 13.2 Å². The van der Waals surface area contributed by atoms with Crippen LogP contribution < -0.4 is 5.73 Å². The molecule has 0 heterocycles. The van der Waals surface area contributed by atoms with E-state index in [4.69, 9.17) is 5.73 Å². The average Bonchev–Trinajstić information content (AvgIpc) is 2.33. The zero-order valence-corrected chi connectivity index (χ0v) is 12.0. The third kappa shape index (κ3) is 3.75. The lowest BCUT2D eigenvalue weighted by Gasteiger charge is -2.39. The van der Waals surface area contributed by atoms with Crippen LogP contribution in [0.25, 0.3) is 0 Å². The molecular formula is C16H22F3N. The van der Waals surface area contributed by atoms with Crippen molar-refractivity contribution >= 4 is 0 Å². The molecule has 1 nitrogen and oxygen atoms in total. The van der Waals surface area contributed by atoms with Gasteiger partial charge < -0.3 is 5.73 Å². The fraction of sp³-hybridized carbons (Fsp3) is 0.625. The molecule has 1 aromatic rings. The monoisotopic (exact) mass is 285 g/mol. The highest BCUT2D eigenvalue weighted by atomic mass is 19.4. The van der Waals surface area contributed by atoms with Crippen LogP contribution in [0.15, 0.2) is 24.3 Å². The quantitative estimate of drug-likeness (QED) is 0.856. The van der Waals surface area contributed by atoms with Gasteiger partial charge in [0.15, 0.2) is 0 Å². The molecular weight excluding hydrogens is 263 g/mol. The Morgan fingerprint density at radius 2 is 1.80 bits per heavy atom. The predicted octanol–water partition coefficient (Wildman–Crippen LogP) is 4.40. The molecule has 0 radical (unpaired) electrons. The van der Waals surface area contributed by atoms with Crippen molar-refractivity contribution in [3.63, 3.8) is 0 Å². The Labute approximate surface area is 118 Å². The minimum atomic E-state index is -4.26. The number of benzene rings is 1. The largest absolute Gasteiger partial charge is 0.416 e. The van der Waals surface area contributed by atoms with Gasteiger partial charge in [-0.05, 0) is 54.7 Å². The highest BCUT2D eigenvalue weighted by Crippen LogP contribution is 2.39. The second kappa shape index (κ2) is 5.40. The van der Waals surface area contributed by atoms with Gasteiger partial charge in [-0.25, -0.2) is 0 Å². The molecule has 112 valence electrons. The lowest BCUT2D eigenvalue weighted by molar-refractivity contribution is -0.137. The van der Waals surface area contributed by atoms with Gasteiger partial charge in [-0.1, -0.05) is 26.0 Å². The van der Waals surface area contributed by atoms with Crippen LogP contribution in [0.3, 0.4) is 0 Å². The first kappa shape index (κ1) is 15.4. The van der Waals surface area contributed by atoms with Gasteiger partial charge >= 0.3 is 6.18 Å². The van der Waals surface area contributed by atoms with E-state index in [9.17, 15) is 13.2 Å². The second-order valence-electron chi connectivity index (χ2n) is 6.73. The van der Waals surface area contributed by atoms with Gasteiger partial charge in [0.25, 0.3) is 0 Å². The summed E-state index contributed by atoms with van der Waals surface area (Å²) in [5.74, 6) is 0.357. The molecule has 20 heavy (non-hydrogen) atoms. The van der Waals surface area contributed by atoms with Crippen molar-refractivity contribution in [2.75, 3.05) is 0 Å². The van der Waals surface area contributed by atoms with Gasteiger partial charge in [-0.3, -0.25) is 0 Å². The summed E-state index contributed by atoms with van der Waals surface area (Å²) in [4.78, 5) is 0. The molecule has 0 aromatic heterocycles. The Kier molecular flexibility index (Phi) is 4.14. The summed E-state index contributed by atoms with van der Waals surface area (Å²) in [6.07, 6.45) is -0.338. The van der Waals surface area contributed by atoms with Crippen LogP contribution in [0, 0.1) is 11.3 Å². The van der Waals surface area contributed by atoms with Crippen molar-refractivity contribution < 1.29 is 13.2 Å². The first-order chi connectivity index (χ1) is 9.17. The zero-order chi connectivity index (χ0) is 15.0. The first-order valence-corrected chi connectivity index (χ1v) is 7.09. The van der Waals surface area contributed by atoms with Crippen molar-refractivity contribution in [1.82, 2.24) is 0 Å². The maximum atomic E-state index is 12.5. The third-order valence-electron chi connectivity index (χ3n) is 4.35. The average molecular weight is 285 g/mol.